The van der Waals surface area contributed by atoms with E-state index >= 15 is 0 Å². The standard InChI is InChI=1S/C50H35N/c1-34-22-24-35(25-23-34)37-12-11-13-38(32-37)36-26-28-40(29-27-36)51(39-14-3-2-4-15-39)41-30-31-45-44-18-7-10-21-48(44)50(49(45)33-41)46-19-8-5-16-42(46)43-17-6-9-20-47(43)50/h2-33H,1H3. The van der Waals surface area contributed by atoms with Crippen molar-refractivity contribution in [3.8, 4) is 44.5 Å². The molecule has 0 N–H and O–H groups in total. The van der Waals surface area contributed by atoms with Crippen LogP contribution < -0.4 is 4.90 Å². The van der Waals surface area contributed by atoms with Crippen molar-refractivity contribution >= 4 is 17.1 Å². The molecule has 0 bridgehead atoms. The molecule has 0 atom stereocenters. The van der Waals surface area contributed by atoms with Gasteiger partial charge in [-0.2, -0.15) is 0 Å². The summed E-state index contributed by atoms with van der Waals surface area (Å²) in [5.41, 5.74) is 19.8. The van der Waals surface area contributed by atoms with E-state index in [0.717, 1.165) is 17.1 Å². The van der Waals surface area contributed by atoms with Crippen LogP contribution in [0, 0.1) is 6.92 Å². The topological polar surface area (TPSA) is 3.24 Å². The molecule has 1 spiro atoms. The lowest BCUT2D eigenvalue weighted by molar-refractivity contribution is 0.793. The van der Waals surface area contributed by atoms with Gasteiger partial charge < -0.3 is 4.90 Å². The highest BCUT2D eigenvalue weighted by Gasteiger charge is 2.51. The van der Waals surface area contributed by atoms with Crippen LogP contribution in [0.15, 0.2) is 194 Å². The first-order valence-electron chi connectivity index (χ1n) is 17.8. The summed E-state index contributed by atoms with van der Waals surface area (Å²) in [6, 6.07) is 71.6. The second-order valence-electron chi connectivity index (χ2n) is 13.8. The Bertz CT molecular complexity index is 2510. The summed E-state index contributed by atoms with van der Waals surface area (Å²) in [4.78, 5) is 2.40. The number of rotatable bonds is 5. The Labute approximate surface area is 299 Å². The van der Waals surface area contributed by atoms with Gasteiger partial charge in [0.1, 0.15) is 0 Å². The minimum atomic E-state index is -0.385. The molecule has 8 aromatic carbocycles. The fourth-order valence-corrected chi connectivity index (χ4v) is 8.67. The Morgan fingerprint density at radius 2 is 0.765 bits per heavy atom. The van der Waals surface area contributed by atoms with E-state index in [1.807, 2.05) is 0 Å². The number of benzene rings is 8. The van der Waals surface area contributed by atoms with Crippen molar-refractivity contribution in [1.82, 2.24) is 0 Å². The first-order chi connectivity index (χ1) is 25.2. The monoisotopic (exact) mass is 649 g/mol. The van der Waals surface area contributed by atoms with Crippen LogP contribution in [0.3, 0.4) is 0 Å². The van der Waals surface area contributed by atoms with Crippen molar-refractivity contribution in [2.75, 3.05) is 4.90 Å². The maximum atomic E-state index is 2.46. The lowest BCUT2D eigenvalue weighted by atomic mass is 9.70. The van der Waals surface area contributed by atoms with Crippen LogP contribution in [-0.4, -0.2) is 0 Å². The van der Waals surface area contributed by atoms with Crippen molar-refractivity contribution in [2.24, 2.45) is 0 Å². The van der Waals surface area contributed by atoms with Crippen molar-refractivity contribution < 1.29 is 0 Å². The summed E-state index contributed by atoms with van der Waals surface area (Å²) in [6.07, 6.45) is 0. The van der Waals surface area contributed by atoms with Crippen LogP contribution in [0.25, 0.3) is 44.5 Å². The molecule has 1 nitrogen and oxygen atoms in total. The minimum Gasteiger partial charge on any atom is -0.310 e. The summed E-state index contributed by atoms with van der Waals surface area (Å²) < 4.78 is 0. The fourth-order valence-electron chi connectivity index (χ4n) is 8.67. The van der Waals surface area contributed by atoms with Crippen molar-refractivity contribution in [3.05, 3.63) is 222 Å². The summed E-state index contributed by atoms with van der Waals surface area (Å²) in [7, 11) is 0. The number of hydrogen-bond donors (Lipinski definition) is 0. The van der Waals surface area contributed by atoms with E-state index in [4.69, 9.17) is 0 Å². The molecule has 2 aliphatic rings. The molecule has 0 aliphatic heterocycles. The summed E-state index contributed by atoms with van der Waals surface area (Å²) in [5.74, 6) is 0. The predicted molar refractivity (Wildman–Crippen MR) is 213 cm³/mol. The third-order valence-electron chi connectivity index (χ3n) is 11.0. The summed E-state index contributed by atoms with van der Waals surface area (Å²) in [6.45, 7) is 2.13. The highest BCUT2D eigenvalue weighted by Crippen LogP contribution is 2.63. The van der Waals surface area contributed by atoms with Crippen LogP contribution in [0.5, 0.6) is 0 Å². The van der Waals surface area contributed by atoms with Crippen molar-refractivity contribution in [2.45, 2.75) is 12.3 Å². The zero-order valence-corrected chi connectivity index (χ0v) is 28.4. The Hall–Kier alpha value is -6.44. The molecule has 8 aromatic rings. The third kappa shape index (κ3) is 4.48. The number of para-hydroxylation sites is 1. The van der Waals surface area contributed by atoms with E-state index in [0.29, 0.717) is 0 Å². The van der Waals surface area contributed by atoms with Crippen LogP contribution in [0.2, 0.25) is 0 Å². The number of aryl methyl sites for hydroxylation is 1. The van der Waals surface area contributed by atoms with Gasteiger partial charge in [-0.05, 0) is 116 Å². The first-order valence-corrected chi connectivity index (χ1v) is 17.8. The number of anilines is 3. The van der Waals surface area contributed by atoms with E-state index < -0.39 is 0 Å². The molecule has 240 valence electrons. The first kappa shape index (κ1) is 29.5. The number of nitrogens with zero attached hydrogens (tertiary/aromatic N) is 1. The average Bonchev–Trinajstić information content (AvgIpc) is 3.66. The molecule has 1 heteroatoms. The second-order valence-corrected chi connectivity index (χ2v) is 13.8. The average molecular weight is 650 g/mol. The van der Waals surface area contributed by atoms with E-state index in [1.54, 1.807) is 0 Å². The predicted octanol–water partition coefficient (Wildman–Crippen LogP) is 13.1. The smallest absolute Gasteiger partial charge is 0.0726 e. The van der Waals surface area contributed by atoms with Gasteiger partial charge in [0.25, 0.3) is 0 Å². The zero-order chi connectivity index (χ0) is 33.9. The quantitative estimate of drug-likeness (QED) is 0.179. The molecule has 0 saturated heterocycles. The van der Waals surface area contributed by atoms with Gasteiger partial charge in [-0.25, -0.2) is 0 Å². The van der Waals surface area contributed by atoms with E-state index in [1.165, 1.54) is 72.3 Å². The van der Waals surface area contributed by atoms with Gasteiger partial charge in [0.05, 0.1) is 5.41 Å². The molecule has 0 amide bonds. The maximum Gasteiger partial charge on any atom is 0.0726 e. The summed E-state index contributed by atoms with van der Waals surface area (Å²) >= 11 is 0. The lowest BCUT2D eigenvalue weighted by Gasteiger charge is -2.32. The highest BCUT2D eigenvalue weighted by atomic mass is 15.1. The van der Waals surface area contributed by atoms with Crippen molar-refractivity contribution in [3.63, 3.8) is 0 Å². The molecule has 0 radical (unpaired) electrons. The Morgan fingerprint density at radius 3 is 1.33 bits per heavy atom. The van der Waals surface area contributed by atoms with Crippen LogP contribution in [-0.2, 0) is 5.41 Å². The highest BCUT2D eigenvalue weighted by molar-refractivity contribution is 5.96. The lowest BCUT2D eigenvalue weighted by Crippen LogP contribution is -2.26. The van der Waals surface area contributed by atoms with Gasteiger partial charge in [0.15, 0.2) is 0 Å². The molecule has 51 heavy (non-hydrogen) atoms. The molecule has 10 rings (SSSR count). The van der Waals surface area contributed by atoms with Gasteiger partial charge in [-0.1, -0.05) is 157 Å². The minimum absolute atomic E-state index is 0.385. The van der Waals surface area contributed by atoms with Gasteiger partial charge in [-0.3, -0.25) is 0 Å². The molecule has 0 unspecified atom stereocenters. The molecular formula is C50H35N. The number of fused-ring (bicyclic) bond motifs is 10. The van der Waals surface area contributed by atoms with E-state index in [-0.39, 0.29) is 5.41 Å². The number of hydrogen-bond acceptors (Lipinski definition) is 1. The van der Waals surface area contributed by atoms with Crippen LogP contribution in [0.1, 0.15) is 27.8 Å². The Kier molecular flexibility index (Phi) is 6.69. The molecule has 2 aliphatic carbocycles. The largest absolute Gasteiger partial charge is 0.310 e. The van der Waals surface area contributed by atoms with Crippen LogP contribution >= 0.6 is 0 Å². The Balaban J connectivity index is 1.12. The SMILES string of the molecule is Cc1ccc(-c2cccc(-c3ccc(N(c4ccccc4)c4ccc5c(c4)C4(c6ccccc6-c6ccccc64)c4ccccc4-5)cc3)c2)cc1. The van der Waals surface area contributed by atoms with Gasteiger partial charge in [0.2, 0.25) is 0 Å². The summed E-state index contributed by atoms with van der Waals surface area (Å²) in [5, 5.41) is 0. The zero-order valence-electron chi connectivity index (χ0n) is 28.4. The van der Waals surface area contributed by atoms with E-state index in [2.05, 4.69) is 206 Å². The molecule has 0 heterocycles. The fraction of sp³-hybridized carbons (Fsp3) is 0.0400. The van der Waals surface area contributed by atoms with Crippen LogP contribution in [0.4, 0.5) is 17.1 Å². The van der Waals surface area contributed by atoms with Gasteiger partial charge in [-0.15, -0.1) is 0 Å². The second kappa shape index (κ2) is 11.6. The molecule has 0 aromatic heterocycles. The maximum absolute atomic E-state index is 2.46. The van der Waals surface area contributed by atoms with Crippen molar-refractivity contribution in [1.29, 1.82) is 0 Å². The van der Waals surface area contributed by atoms with E-state index in [9.17, 15) is 0 Å². The molecular weight excluding hydrogens is 615 g/mol. The Morgan fingerprint density at radius 1 is 0.314 bits per heavy atom. The normalized spacial score (nSPS) is 13.0. The van der Waals surface area contributed by atoms with Gasteiger partial charge >= 0.3 is 0 Å². The third-order valence-corrected chi connectivity index (χ3v) is 11.0. The van der Waals surface area contributed by atoms with Gasteiger partial charge in [0, 0.05) is 17.1 Å². The molecule has 0 fully saturated rings. The molecule has 0 saturated carbocycles.